The zero-order valence-corrected chi connectivity index (χ0v) is 12.8. The van der Waals surface area contributed by atoms with Gasteiger partial charge in [-0.05, 0) is 48.4 Å². The minimum absolute atomic E-state index is 1.02. The third kappa shape index (κ3) is 2.68. The van der Waals surface area contributed by atoms with Crippen LogP contribution in [0.4, 0.5) is 11.4 Å². The number of benzene rings is 2. The van der Waals surface area contributed by atoms with Crippen LogP contribution in [0, 0.1) is 0 Å². The summed E-state index contributed by atoms with van der Waals surface area (Å²) in [6, 6.07) is 16.6. The second kappa shape index (κ2) is 5.63. The Hall–Kier alpha value is -1.87. The molecule has 0 atom stereocenters. The van der Waals surface area contributed by atoms with Gasteiger partial charge < -0.3 is 5.32 Å². The average Bonchev–Trinajstić information content (AvgIpc) is 2.47. The standard InChI is InChI=1S/C17H15BrN2/c1-2-12-6-7-16-15(10-12)17(8-9-19-16)20-14-5-3-4-13(18)11-14/h3-11H,2H2,1H3,(H,19,20). The van der Waals surface area contributed by atoms with E-state index in [9.17, 15) is 0 Å². The lowest BCUT2D eigenvalue weighted by atomic mass is 10.1. The van der Waals surface area contributed by atoms with Crippen molar-refractivity contribution in [3.8, 4) is 0 Å². The number of hydrogen-bond donors (Lipinski definition) is 1. The molecule has 2 nitrogen and oxygen atoms in total. The highest BCUT2D eigenvalue weighted by molar-refractivity contribution is 9.10. The van der Waals surface area contributed by atoms with Crippen LogP contribution < -0.4 is 5.32 Å². The number of nitrogens with zero attached hydrogens (tertiary/aromatic N) is 1. The topological polar surface area (TPSA) is 24.9 Å². The summed E-state index contributed by atoms with van der Waals surface area (Å²) in [4.78, 5) is 4.43. The molecule has 0 saturated heterocycles. The van der Waals surface area contributed by atoms with E-state index in [4.69, 9.17) is 0 Å². The van der Waals surface area contributed by atoms with Crippen molar-refractivity contribution >= 4 is 38.2 Å². The lowest BCUT2D eigenvalue weighted by molar-refractivity contribution is 1.14. The van der Waals surface area contributed by atoms with Gasteiger partial charge in [-0.1, -0.05) is 35.0 Å². The Balaban J connectivity index is 2.06. The van der Waals surface area contributed by atoms with Crippen LogP contribution in [0.5, 0.6) is 0 Å². The molecule has 100 valence electrons. The van der Waals surface area contributed by atoms with Gasteiger partial charge in [-0.15, -0.1) is 0 Å². The predicted octanol–water partition coefficient (Wildman–Crippen LogP) is 5.30. The van der Waals surface area contributed by atoms with Crippen LogP contribution in [-0.2, 0) is 6.42 Å². The van der Waals surface area contributed by atoms with Crippen molar-refractivity contribution in [1.29, 1.82) is 0 Å². The molecule has 3 heteroatoms. The molecule has 1 N–H and O–H groups in total. The van der Waals surface area contributed by atoms with E-state index in [2.05, 4.69) is 63.5 Å². The number of nitrogens with one attached hydrogen (secondary N) is 1. The number of pyridine rings is 1. The van der Waals surface area contributed by atoms with E-state index < -0.39 is 0 Å². The highest BCUT2D eigenvalue weighted by atomic mass is 79.9. The second-order valence-corrected chi connectivity index (χ2v) is 5.61. The normalized spacial score (nSPS) is 10.7. The Bertz CT molecular complexity index is 753. The van der Waals surface area contributed by atoms with E-state index in [1.807, 2.05) is 24.4 Å². The van der Waals surface area contributed by atoms with E-state index in [0.29, 0.717) is 0 Å². The summed E-state index contributed by atoms with van der Waals surface area (Å²) in [6.45, 7) is 2.17. The summed E-state index contributed by atoms with van der Waals surface area (Å²) < 4.78 is 1.06. The Kier molecular flexibility index (Phi) is 3.70. The molecular formula is C17H15BrN2. The van der Waals surface area contributed by atoms with Crippen LogP contribution >= 0.6 is 15.9 Å². The molecule has 0 radical (unpaired) electrons. The van der Waals surface area contributed by atoms with Gasteiger partial charge in [-0.2, -0.15) is 0 Å². The second-order valence-electron chi connectivity index (χ2n) is 4.70. The fourth-order valence-electron chi connectivity index (χ4n) is 2.24. The fraction of sp³-hybridized carbons (Fsp3) is 0.118. The van der Waals surface area contributed by atoms with Gasteiger partial charge in [0.2, 0.25) is 0 Å². The van der Waals surface area contributed by atoms with Crippen LogP contribution in [0.3, 0.4) is 0 Å². The first-order valence-electron chi connectivity index (χ1n) is 6.66. The molecule has 1 aromatic heterocycles. The first-order chi connectivity index (χ1) is 9.76. The van der Waals surface area contributed by atoms with Gasteiger partial charge in [0, 0.05) is 27.4 Å². The average molecular weight is 327 g/mol. The highest BCUT2D eigenvalue weighted by Crippen LogP contribution is 2.27. The SMILES string of the molecule is CCc1ccc2nccc(Nc3cccc(Br)c3)c2c1. The molecule has 0 fully saturated rings. The Morgan fingerprint density at radius 2 is 2.00 bits per heavy atom. The smallest absolute Gasteiger partial charge is 0.0723 e. The lowest BCUT2D eigenvalue weighted by Crippen LogP contribution is -1.93. The van der Waals surface area contributed by atoms with E-state index in [1.165, 1.54) is 5.56 Å². The maximum atomic E-state index is 4.43. The summed E-state index contributed by atoms with van der Waals surface area (Å²) in [7, 11) is 0. The molecule has 0 aliphatic carbocycles. The number of hydrogen-bond acceptors (Lipinski definition) is 2. The van der Waals surface area contributed by atoms with Gasteiger partial charge >= 0.3 is 0 Å². The Morgan fingerprint density at radius 3 is 2.80 bits per heavy atom. The Morgan fingerprint density at radius 1 is 1.10 bits per heavy atom. The number of rotatable bonds is 3. The molecule has 0 spiro atoms. The van der Waals surface area contributed by atoms with Crippen molar-refractivity contribution in [1.82, 2.24) is 4.98 Å². The molecule has 0 saturated carbocycles. The van der Waals surface area contributed by atoms with Crippen molar-refractivity contribution in [2.45, 2.75) is 13.3 Å². The van der Waals surface area contributed by atoms with Gasteiger partial charge in [0.15, 0.2) is 0 Å². The minimum Gasteiger partial charge on any atom is -0.355 e. The monoisotopic (exact) mass is 326 g/mol. The molecule has 3 aromatic rings. The van der Waals surface area contributed by atoms with Crippen LogP contribution in [0.15, 0.2) is 59.2 Å². The molecule has 2 aromatic carbocycles. The van der Waals surface area contributed by atoms with Crippen molar-refractivity contribution < 1.29 is 0 Å². The lowest BCUT2D eigenvalue weighted by Gasteiger charge is -2.10. The molecule has 0 aliphatic rings. The molecule has 3 rings (SSSR count). The van der Waals surface area contributed by atoms with Gasteiger partial charge in [-0.25, -0.2) is 0 Å². The summed E-state index contributed by atoms with van der Waals surface area (Å²) in [5.41, 5.74) is 4.49. The van der Waals surface area contributed by atoms with Crippen LogP contribution in [0.2, 0.25) is 0 Å². The third-order valence-corrected chi connectivity index (χ3v) is 3.81. The largest absolute Gasteiger partial charge is 0.355 e. The molecule has 0 amide bonds. The van der Waals surface area contributed by atoms with Gasteiger partial charge in [0.05, 0.1) is 5.52 Å². The first-order valence-corrected chi connectivity index (χ1v) is 7.46. The maximum absolute atomic E-state index is 4.43. The van der Waals surface area contributed by atoms with Crippen molar-refractivity contribution in [2.75, 3.05) is 5.32 Å². The zero-order chi connectivity index (χ0) is 13.9. The summed E-state index contributed by atoms with van der Waals surface area (Å²) >= 11 is 3.50. The van der Waals surface area contributed by atoms with Gasteiger partial charge in [0.25, 0.3) is 0 Å². The van der Waals surface area contributed by atoms with Crippen LogP contribution in [0.1, 0.15) is 12.5 Å². The molecular weight excluding hydrogens is 312 g/mol. The number of halogens is 1. The number of anilines is 2. The summed E-state index contributed by atoms with van der Waals surface area (Å²) in [5, 5.41) is 4.63. The van der Waals surface area contributed by atoms with Crippen molar-refractivity contribution in [3.05, 3.63) is 64.8 Å². The van der Waals surface area contributed by atoms with Gasteiger partial charge in [-0.3, -0.25) is 4.98 Å². The van der Waals surface area contributed by atoms with Crippen molar-refractivity contribution in [3.63, 3.8) is 0 Å². The molecule has 0 unspecified atom stereocenters. The number of fused-ring (bicyclic) bond motifs is 1. The highest BCUT2D eigenvalue weighted by Gasteiger charge is 2.03. The number of aryl methyl sites for hydroxylation is 1. The zero-order valence-electron chi connectivity index (χ0n) is 11.2. The van der Waals surface area contributed by atoms with E-state index in [0.717, 1.165) is 33.2 Å². The summed E-state index contributed by atoms with van der Waals surface area (Å²) in [6.07, 6.45) is 2.87. The Labute approximate surface area is 127 Å². The van der Waals surface area contributed by atoms with Crippen LogP contribution in [0.25, 0.3) is 10.9 Å². The third-order valence-electron chi connectivity index (χ3n) is 3.32. The van der Waals surface area contributed by atoms with E-state index in [-0.39, 0.29) is 0 Å². The molecule has 1 heterocycles. The van der Waals surface area contributed by atoms with E-state index >= 15 is 0 Å². The molecule has 0 aliphatic heterocycles. The van der Waals surface area contributed by atoms with Crippen LogP contribution in [-0.4, -0.2) is 4.98 Å². The molecule has 20 heavy (non-hydrogen) atoms. The quantitative estimate of drug-likeness (QED) is 0.706. The van der Waals surface area contributed by atoms with E-state index in [1.54, 1.807) is 0 Å². The predicted molar refractivity (Wildman–Crippen MR) is 88.5 cm³/mol. The number of aromatic nitrogens is 1. The maximum Gasteiger partial charge on any atom is 0.0723 e. The van der Waals surface area contributed by atoms with Gasteiger partial charge in [0.1, 0.15) is 0 Å². The molecule has 0 bridgehead atoms. The van der Waals surface area contributed by atoms with Crippen molar-refractivity contribution in [2.24, 2.45) is 0 Å². The minimum atomic E-state index is 1.02. The summed E-state index contributed by atoms with van der Waals surface area (Å²) in [5.74, 6) is 0. The fourth-order valence-corrected chi connectivity index (χ4v) is 2.64. The first kappa shape index (κ1) is 13.1.